The molecule has 0 aliphatic heterocycles. The number of H-pyrrole nitrogens is 1. The number of hydrogen-bond donors (Lipinski definition) is 2. The van der Waals surface area contributed by atoms with E-state index in [1.54, 1.807) is 0 Å². The van der Waals surface area contributed by atoms with Crippen LogP contribution in [-0.4, -0.2) is 26.3 Å². The van der Waals surface area contributed by atoms with Gasteiger partial charge in [0.15, 0.2) is 0 Å². The summed E-state index contributed by atoms with van der Waals surface area (Å²) in [5.74, 6) is 1.01. The Morgan fingerprint density at radius 2 is 2.21 bits per heavy atom. The van der Waals surface area contributed by atoms with Crippen molar-refractivity contribution in [2.45, 2.75) is 13.3 Å². The molecular formula is C14H17N5. The third-order valence-corrected chi connectivity index (χ3v) is 3.52. The van der Waals surface area contributed by atoms with Crippen molar-refractivity contribution in [1.82, 2.24) is 19.7 Å². The number of nitrogens with two attached hydrogens (primary N) is 1. The zero-order valence-electron chi connectivity index (χ0n) is 11.1. The molecule has 0 spiro atoms. The number of nitrogens with zero attached hydrogens (tertiary/aromatic N) is 3. The van der Waals surface area contributed by atoms with Crippen LogP contribution in [0, 0.1) is 6.92 Å². The van der Waals surface area contributed by atoms with Crippen molar-refractivity contribution < 1.29 is 0 Å². The fourth-order valence-electron chi connectivity index (χ4n) is 2.38. The Morgan fingerprint density at radius 3 is 3.00 bits per heavy atom. The monoisotopic (exact) mass is 255 g/mol. The van der Waals surface area contributed by atoms with Gasteiger partial charge in [-0.15, -0.1) is 0 Å². The van der Waals surface area contributed by atoms with Crippen molar-refractivity contribution in [3.8, 4) is 11.3 Å². The number of imidazole rings is 1. The number of aromatic amines is 1. The molecule has 2 heterocycles. The van der Waals surface area contributed by atoms with E-state index >= 15 is 0 Å². The van der Waals surface area contributed by atoms with Gasteiger partial charge in [-0.25, -0.2) is 4.98 Å². The smallest absolute Gasteiger partial charge is 0.106 e. The molecule has 98 valence electrons. The molecule has 0 saturated carbocycles. The number of nitrogens with one attached hydrogen (secondary N) is 1. The summed E-state index contributed by atoms with van der Waals surface area (Å²) in [6, 6.07) is 6.28. The van der Waals surface area contributed by atoms with Crippen molar-refractivity contribution in [2.75, 3.05) is 6.54 Å². The zero-order valence-corrected chi connectivity index (χ0v) is 11.1. The van der Waals surface area contributed by atoms with Gasteiger partial charge in [-0.3, -0.25) is 5.10 Å². The van der Waals surface area contributed by atoms with Crippen molar-refractivity contribution in [3.63, 3.8) is 0 Å². The van der Waals surface area contributed by atoms with E-state index in [1.807, 2.05) is 20.2 Å². The second-order valence-electron chi connectivity index (χ2n) is 4.73. The van der Waals surface area contributed by atoms with Crippen LogP contribution in [0.2, 0.25) is 0 Å². The van der Waals surface area contributed by atoms with E-state index in [9.17, 15) is 0 Å². The summed E-state index contributed by atoms with van der Waals surface area (Å²) in [6.45, 7) is 2.63. The lowest BCUT2D eigenvalue weighted by atomic mass is 10.1. The minimum Gasteiger partial charge on any atom is -0.331 e. The third kappa shape index (κ3) is 1.92. The molecule has 0 fully saturated rings. The minimum absolute atomic E-state index is 0.622. The van der Waals surface area contributed by atoms with Gasteiger partial charge in [0.1, 0.15) is 5.82 Å². The quantitative estimate of drug-likeness (QED) is 0.749. The fraction of sp³-hybridized carbons (Fsp3) is 0.286. The standard InChI is InChI=1S/C14H17N5/c1-9-17-12-7-10(3-4-13(12)19(9)2)14-11(5-6-15)8-16-18-14/h3-4,7-8H,5-6,15H2,1-2H3,(H,16,18). The van der Waals surface area contributed by atoms with Crippen LogP contribution < -0.4 is 5.73 Å². The number of rotatable bonds is 3. The maximum Gasteiger partial charge on any atom is 0.106 e. The summed E-state index contributed by atoms with van der Waals surface area (Å²) in [5, 5.41) is 7.17. The molecule has 5 heteroatoms. The first kappa shape index (κ1) is 11.9. The van der Waals surface area contributed by atoms with Crippen molar-refractivity contribution >= 4 is 11.0 Å². The predicted octanol–water partition coefficient (Wildman–Crippen LogP) is 1.77. The van der Waals surface area contributed by atoms with E-state index in [0.29, 0.717) is 6.54 Å². The highest BCUT2D eigenvalue weighted by molar-refractivity contribution is 5.82. The maximum atomic E-state index is 5.62. The van der Waals surface area contributed by atoms with E-state index in [4.69, 9.17) is 5.73 Å². The fourth-order valence-corrected chi connectivity index (χ4v) is 2.38. The van der Waals surface area contributed by atoms with Crippen LogP contribution in [0.1, 0.15) is 11.4 Å². The van der Waals surface area contributed by atoms with Gasteiger partial charge < -0.3 is 10.3 Å². The second-order valence-corrected chi connectivity index (χ2v) is 4.73. The first-order valence-corrected chi connectivity index (χ1v) is 6.36. The van der Waals surface area contributed by atoms with Gasteiger partial charge in [0.2, 0.25) is 0 Å². The number of benzene rings is 1. The Morgan fingerprint density at radius 1 is 1.37 bits per heavy atom. The lowest BCUT2D eigenvalue weighted by molar-refractivity contribution is 0.886. The maximum absolute atomic E-state index is 5.62. The molecule has 2 aromatic heterocycles. The molecule has 3 rings (SSSR count). The largest absolute Gasteiger partial charge is 0.331 e. The molecule has 3 aromatic rings. The molecule has 0 saturated heterocycles. The Balaban J connectivity index is 2.12. The Kier molecular flexibility index (Phi) is 2.83. The first-order valence-electron chi connectivity index (χ1n) is 6.36. The van der Waals surface area contributed by atoms with Crippen LogP contribution in [-0.2, 0) is 13.5 Å². The third-order valence-electron chi connectivity index (χ3n) is 3.52. The van der Waals surface area contributed by atoms with E-state index in [2.05, 4.69) is 37.9 Å². The Hall–Kier alpha value is -2.14. The SMILES string of the molecule is Cc1nc2cc(-c3[nH]ncc3CCN)ccc2n1C. The topological polar surface area (TPSA) is 72.5 Å². The molecule has 0 bridgehead atoms. The number of aryl methyl sites for hydroxylation is 2. The van der Waals surface area contributed by atoms with Crippen LogP contribution in [0.15, 0.2) is 24.4 Å². The van der Waals surface area contributed by atoms with Gasteiger partial charge in [0, 0.05) is 12.6 Å². The Bertz CT molecular complexity index is 723. The molecule has 0 aliphatic carbocycles. The molecule has 5 nitrogen and oxygen atoms in total. The molecule has 1 aromatic carbocycles. The summed E-state index contributed by atoms with van der Waals surface area (Å²) in [5.41, 5.74) is 11.1. The van der Waals surface area contributed by atoms with Crippen molar-refractivity contribution in [1.29, 1.82) is 0 Å². The van der Waals surface area contributed by atoms with Crippen LogP contribution in [0.25, 0.3) is 22.3 Å². The summed E-state index contributed by atoms with van der Waals surface area (Å²) >= 11 is 0. The first-order chi connectivity index (χ1) is 9.20. The summed E-state index contributed by atoms with van der Waals surface area (Å²) in [7, 11) is 2.03. The lowest BCUT2D eigenvalue weighted by Crippen LogP contribution is -2.02. The summed E-state index contributed by atoms with van der Waals surface area (Å²) in [6.07, 6.45) is 2.67. The highest BCUT2D eigenvalue weighted by Gasteiger charge is 2.10. The van der Waals surface area contributed by atoms with Gasteiger partial charge >= 0.3 is 0 Å². The highest BCUT2D eigenvalue weighted by Crippen LogP contribution is 2.25. The predicted molar refractivity (Wildman–Crippen MR) is 75.8 cm³/mol. The molecular weight excluding hydrogens is 238 g/mol. The summed E-state index contributed by atoms with van der Waals surface area (Å²) < 4.78 is 2.09. The number of hydrogen-bond acceptors (Lipinski definition) is 3. The zero-order chi connectivity index (χ0) is 13.4. The molecule has 0 radical (unpaired) electrons. The second kappa shape index (κ2) is 4.51. The highest BCUT2D eigenvalue weighted by atomic mass is 15.1. The molecule has 0 amide bonds. The molecule has 0 aliphatic rings. The average molecular weight is 255 g/mol. The van der Waals surface area contributed by atoms with Crippen LogP contribution in [0.5, 0.6) is 0 Å². The van der Waals surface area contributed by atoms with E-state index in [-0.39, 0.29) is 0 Å². The van der Waals surface area contributed by atoms with Gasteiger partial charge in [-0.1, -0.05) is 6.07 Å². The van der Waals surface area contributed by atoms with E-state index < -0.39 is 0 Å². The van der Waals surface area contributed by atoms with Gasteiger partial charge in [0.25, 0.3) is 0 Å². The van der Waals surface area contributed by atoms with Crippen LogP contribution in [0.3, 0.4) is 0 Å². The Labute approximate surface area is 111 Å². The van der Waals surface area contributed by atoms with Crippen LogP contribution >= 0.6 is 0 Å². The average Bonchev–Trinajstić information content (AvgIpc) is 2.96. The van der Waals surface area contributed by atoms with Gasteiger partial charge in [-0.05, 0) is 37.6 Å². The molecule has 3 N–H and O–H groups in total. The van der Waals surface area contributed by atoms with E-state index in [0.717, 1.165) is 40.1 Å². The van der Waals surface area contributed by atoms with Gasteiger partial charge in [-0.2, -0.15) is 5.10 Å². The molecule has 0 atom stereocenters. The van der Waals surface area contributed by atoms with Crippen molar-refractivity contribution in [3.05, 3.63) is 35.8 Å². The van der Waals surface area contributed by atoms with Gasteiger partial charge in [0.05, 0.1) is 22.9 Å². The molecule has 19 heavy (non-hydrogen) atoms. The lowest BCUT2D eigenvalue weighted by Gasteiger charge is -2.03. The normalized spacial score (nSPS) is 11.3. The number of fused-ring (bicyclic) bond motifs is 1. The van der Waals surface area contributed by atoms with Crippen LogP contribution in [0.4, 0.5) is 0 Å². The van der Waals surface area contributed by atoms with Crippen molar-refractivity contribution in [2.24, 2.45) is 12.8 Å². The van der Waals surface area contributed by atoms with E-state index in [1.165, 1.54) is 0 Å². The number of aromatic nitrogens is 4. The summed E-state index contributed by atoms with van der Waals surface area (Å²) in [4.78, 5) is 4.56. The minimum atomic E-state index is 0.622. The molecule has 0 unspecified atom stereocenters.